The van der Waals surface area contributed by atoms with Crippen LogP contribution in [0.2, 0.25) is 0 Å². The number of nitrogens with zero attached hydrogens (tertiary/aromatic N) is 1. The number of fused-ring (bicyclic) bond motifs is 2. The molecule has 1 heteroatoms. The molecule has 0 aliphatic rings. The van der Waals surface area contributed by atoms with Crippen molar-refractivity contribution in [2.24, 2.45) is 0 Å². The lowest BCUT2D eigenvalue weighted by Gasteiger charge is -2.27. The molecule has 0 spiro atoms. The summed E-state index contributed by atoms with van der Waals surface area (Å²) in [6.45, 7) is 0. The van der Waals surface area contributed by atoms with Gasteiger partial charge in [0.1, 0.15) is 0 Å². The van der Waals surface area contributed by atoms with Crippen LogP contribution in [0.25, 0.3) is 77.2 Å². The predicted molar refractivity (Wildman–Crippen MR) is 243 cm³/mol. The van der Waals surface area contributed by atoms with Gasteiger partial charge in [-0.2, -0.15) is 0 Å². The van der Waals surface area contributed by atoms with Crippen molar-refractivity contribution in [3.63, 3.8) is 0 Å². The van der Waals surface area contributed by atoms with E-state index in [0.29, 0.717) is 0 Å². The Bertz CT molecular complexity index is 2990. The molecular formula is C56H39N. The first kappa shape index (κ1) is 34.0. The van der Waals surface area contributed by atoms with Crippen molar-refractivity contribution >= 4 is 38.6 Å². The largest absolute Gasteiger partial charge is 0.310 e. The Hall–Kier alpha value is -7.48. The van der Waals surface area contributed by atoms with Crippen molar-refractivity contribution in [2.75, 3.05) is 4.90 Å². The second-order valence-corrected chi connectivity index (χ2v) is 14.5. The van der Waals surface area contributed by atoms with Gasteiger partial charge in [-0.3, -0.25) is 0 Å². The van der Waals surface area contributed by atoms with Gasteiger partial charge in [-0.15, -0.1) is 0 Å². The third-order valence-electron chi connectivity index (χ3n) is 11.1. The fourth-order valence-electron chi connectivity index (χ4n) is 8.28. The van der Waals surface area contributed by atoms with E-state index in [1.165, 1.54) is 77.2 Å². The number of anilines is 3. The van der Waals surface area contributed by atoms with E-state index < -0.39 is 0 Å². The zero-order valence-electron chi connectivity index (χ0n) is 31.5. The van der Waals surface area contributed by atoms with Crippen LogP contribution in [0.4, 0.5) is 17.1 Å². The van der Waals surface area contributed by atoms with Crippen LogP contribution in [0.1, 0.15) is 0 Å². The molecule has 0 aromatic heterocycles. The number of rotatable bonds is 8. The highest BCUT2D eigenvalue weighted by atomic mass is 15.1. The zero-order valence-corrected chi connectivity index (χ0v) is 31.5. The van der Waals surface area contributed by atoms with Crippen molar-refractivity contribution in [1.82, 2.24) is 0 Å². The van der Waals surface area contributed by atoms with Crippen molar-refractivity contribution in [3.05, 3.63) is 237 Å². The molecule has 1 nitrogen and oxygen atoms in total. The molecule has 0 radical (unpaired) electrons. The number of hydrogen-bond donors (Lipinski definition) is 0. The van der Waals surface area contributed by atoms with Crippen molar-refractivity contribution in [1.29, 1.82) is 0 Å². The summed E-state index contributed by atoms with van der Waals surface area (Å²) in [7, 11) is 0. The highest BCUT2D eigenvalue weighted by Crippen LogP contribution is 2.43. The molecule has 0 bridgehead atoms. The van der Waals surface area contributed by atoms with Gasteiger partial charge in [0.25, 0.3) is 0 Å². The maximum Gasteiger partial charge on any atom is 0.0468 e. The summed E-state index contributed by atoms with van der Waals surface area (Å²) in [5.74, 6) is 0. The molecular weight excluding hydrogens is 687 g/mol. The predicted octanol–water partition coefficient (Wildman–Crippen LogP) is 15.8. The molecule has 10 rings (SSSR count). The van der Waals surface area contributed by atoms with Gasteiger partial charge in [-0.25, -0.2) is 0 Å². The average molecular weight is 726 g/mol. The molecule has 0 fully saturated rings. The zero-order chi connectivity index (χ0) is 38.0. The van der Waals surface area contributed by atoms with Gasteiger partial charge in [0.2, 0.25) is 0 Å². The van der Waals surface area contributed by atoms with Gasteiger partial charge in [0, 0.05) is 17.1 Å². The minimum atomic E-state index is 1.09. The van der Waals surface area contributed by atoms with Gasteiger partial charge in [-0.05, 0) is 120 Å². The summed E-state index contributed by atoms with van der Waals surface area (Å²) in [5.41, 5.74) is 15.3. The highest BCUT2D eigenvalue weighted by molar-refractivity contribution is 5.99. The maximum atomic E-state index is 2.39. The smallest absolute Gasteiger partial charge is 0.0468 e. The Morgan fingerprint density at radius 3 is 1.32 bits per heavy atom. The second kappa shape index (κ2) is 15.0. The third-order valence-corrected chi connectivity index (χ3v) is 11.1. The quantitative estimate of drug-likeness (QED) is 0.151. The van der Waals surface area contributed by atoms with E-state index in [2.05, 4.69) is 241 Å². The standard InChI is InChI=1S/C56H39N/c1-3-15-41(16-4-1)55-36-35-50(39-56(55)44-17-5-2-6-18-44)57(49-26-12-25-47(38-49)54-30-14-22-43-20-8-10-28-52(43)54)48-33-31-40(32-34-48)45-23-11-24-46(37-45)53-29-13-21-42-19-7-9-27-51(42)53/h1-39H. The Labute approximate surface area is 334 Å². The maximum absolute atomic E-state index is 2.39. The van der Waals surface area contributed by atoms with E-state index in [-0.39, 0.29) is 0 Å². The van der Waals surface area contributed by atoms with Crippen LogP contribution in [0, 0.1) is 0 Å². The van der Waals surface area contributed by atoms with Crippen LogP contribution in [0.5, 0.6) is 0 Å². The first-order valence-electron chi connectivity index (χ1n) is 19.6. The second-order valence-electron chi connectivity index (χ2n) is 14.5. The molecule has 0 saturated carbocycles. The molecule has 0 amide bonds. The van der Waals surface area contributed by atoms with E-state index in [9.17, 15) is 0 Å². The topological polar surface area (TPSA) is 3.24 Å². The lowest BCUT2D eigenvalue weighted by atomic mass is 9.93. The van der Waals surface area contributed by atoms with Crippen molar-refractivity contribution in [3.8, 4) is 55.6 Å². The van der Waals surface area contributed by atoms with Crippen LogP contribution < -0.4 is 4.90 Å². The van der Waals surface area contributed by atoms with Crippen LogP contribution in [-0.2, 0) is 0 Å². The minimum Gasteiger partial charge on any atom is -0.310 e. The van der Waals surface area contributed by atoms with Crippen LogP contribution in [0.3, 0.4) is 0 Å². The fraction of sp³-hybridized carbons (Fsp3) is 0. The van der Waals surface area contributed by atoms with E-state index >= 15 is 0 Å². The molecule has 0 saturated heterocycles. The molecule has 0 aliphatic heterocycles. The summed E-state index contributed by atoms with van der Waals surface area (Å²) < 4.78 is 0. The first-order valence-corrected chi connectivity index (χ1v) is 19.6. The van der Waals surface area contributed by atoms with E-state index in [0.717, 1.165) is 17.1 Å². The van der Waals surface area contributed by atoms with Gasteiger partial charge in [0.15, 0.2) is 0 Å². The van der Waals surface area contributed by atoms with Crippen molar-refractivity contribution in [2.45, 2.75) is 0 Å². The summed E-state index contributed by atoms with van der Waals surface area (Å²) in [4.78, 5) is 2.39. The van der Waals surface area contributed by atoms with E-state index in [4.69, 9.17) is 0 Å². The van der Waals surface area contributed by atoms with Crippen molar-refractivity contribution < 1.29 is 0 Å². The van der Waals surface area contributed by atoms with E-state index in [1.54, 1.807) is 0 Å². The average Bonchev–Trinajstić information content (AvgIpc) is 3.29. The Balaban J connectivity index is 1.11. The molecule has 0 unspecified atom stereocenters. The van der Waals surface area contributed by atoms with Crippen LogP contribution in [0.15, 0.2) is 237 Å². The lowest BCUT2D eigenvalue weighted by molar-refractivity contribution is 1.28. The highest BCUT2D eigenvalue weighted by Gasteiger charge is 2.18. The summed E-state index contributed by atoms with van der Waals surface area (Å²) >= 11 is 0. The Kier molecular flexibility index (Phi) is 8.95. The fourth-order valence-corrected chi connectivity index (χ4v) is 8.28. The van der Waals surface area contributed by atoms with Crippen LogP contribution >= 0.6 is 0 Å². The summed E-state index contributed by atoms with van der Waals surface area (Å²) in [6.07, 6.45) is 0. The lowest BCUT2D eigenvalue weighted by Crippen LogP contribution is -2.10. The monoisotopic (exact) mass is 725 g/mol. The molecule has 57 heavy (non-hydrogen) atoms. The Morgan fingerprint density at radius 1 is 0.211 bits per heavy atom. The summed E-state index contributed by atoms with van der Waals surface area (Å²) in [6, 6.07) is 85.7. The minimum absolute atomic E-state index is 1.09. The molecule has 10 aromatic carbocycles. The van der Waals surface area contributed by atoms with Gasteiger partial charge < -0.3 is 4.90 Å². The molecule has 0 heterocycles. The van der Waals surface area contributed by atoms with Gasteiger partial charge in [-0.1, -0.05) is 194 Å². The SMILES string of the molecule is c1ccc(-c2ccc(N(c3ccc(-c4cccc(-c5cccc6ccccc56)c4)cc3)c3cccc(-c4cccc5ccccc45)c3)cc2-c2ccccc2)cc1. The molecule has 268 valence electrons. The van der Waals surface area contributed by atoms with Gasteiger partial charge >= 0.3 is 0 Å². The normalized spacial score (nSPS) is 11.2. The number of benzene rings is 10. The first-order chi connectivity index (χ1) is 28.3. The molecule has 0 aliphatic carbocycles. The van der Waals surface area contributed by atoms with Gasteiger partial charge in [0.05, 0.1) is 0 Å². The molecule has 0 N–H and O–H groups in total. The molecule has 10 aromatic rings. The van der Waals surface area contributed by atoms with E-state index in [1.807, 2.05) is 0 Å². The number of hydrogen-bond acceptors (Lipinski definition) is 1. The molecule has 0 atom stereocenters. The Morgan fingerprint density at radius 2 is 0.667 bits per heavy atom. The summed E-state index contributed by atoms with van der Waals surface area (Å²) in [5, 5.41) is 5.00. The van der Waals surface area contributed by atoms with Crippen LogP contribution in [-0.4, -0.2) is 0 Å². The third kappa shape index (κ3) is 6.66.